The molecule has 0 amide bonds. The summed E-state index contributed by atoms with van der Waals surface area (Å²) in [5.74, 6) is 0.611. The van der Waals surface area contributed by atoms with E-state index in [1.807, 2.05) is 0 Å². The average Bonchev–Trinajstić information content (AvgIpc) is 2.24. The minimum Gasteiger partial charge on any atom is -0.324 e. The second-order valence-corrected chi connectivity index (χ2v) is 6.37. The summed E-state index contributed by atoms with van der Waals surface area (Å²) in [6.45, 7) is 10.6. The van der Waals surface area contributed by atoms with Crippen LogP contribution in [0.5, 0.6) is 0 Å². The predicted octanol–water partition coefficient (Wildman–Crippen LogP) is 3.02. The van der Waals surface area contributed by atoms with Crippen molar-refractivity contribution in [1.82, 2.24) is 4.90 Å². The van der Waals surface area contributed by atoms with Crippen molar-refractivity contribution < 1.29 is 0 Å². The predicted molar refractivity (Wildman–Crippen MR) is 80.0 cm³/mol. The summed E-state index contributed by atoms with van der Waals surface area (Å²) in [7, 11) is 2.14. The molecule has 0 aliphatic rings. The van der Waals surface area contributed by atoms with Gasteiger partial charge in [-0.1, -0.05) is 38.1 Å². The molecule has 1 rings (SSSR count). The number of hydrogen-bond donors (Lipinski definition) is 1. The lowest BCUT2D eigenvalue weighted by Gasteiger charge is -2.26. The van der Waals surface area contributed by atoms with Gasteiger partial charge in [0.1, 0.15) is 0 Å². The third kappa shape index (κ3) is 5.65. The van der Waals surface area contributed by atoms with Gasteiger partial charge < -0.3 is 10.6 Å². The van der Waals surface area contributed by atoms with E-state index in [2.05, 4.69) is 63.9 Å². The molecule has 0 saturated heterocycles. The zero-order chi connectivity index (χ0) is 13.8. The van der Waals surface area contributed by atoms with Gasteiger partial charge in [0.2, 0.25) is 0 Å². The summed E-state index contributed by atoms with van der Waals surface area (Å²) in [5.41, 5.74) is 8.72. The van der Waals surface area contributed by atoms with Crippen molar-refractivity contribution in [3.8, 4) is 0 Å². The molecule has 0 atom stereocenters. The summed E-state index contributed by atoms with van der Waals surface area (Å²) in [6, 6.07) is 8.98. The van der Waals surface area contributed by atoms with Crippen molar-refractivity contribution in [3.05, 3.63) is 35.4 Å². The van der Waals surface area contributed by atoms with E-state index in [0.29, 0.717) is 5.92 Å². The van der Waals surface area contributed by atoms with Gasteiger partial charge in [-0.25, -0.2) is 0 Å². The van der Waals surface area contributed by atoms with Gasteiger partial charge in [0.25, 0.3) is 0 Å². The average molecular weight is 248 g/mol. The molecule has 0 bridgehead atoms. The van der Waals surface area contributed by atoms with Crippen LogP contribution in [-0.4, -0.2) is 30.6 Å². The Labute approximate surface area is 112 Å². The van der Waals surface area contributed by atoms with Crippen LogP contribution in [0.4, 0.5) is 0 Å². The van der Waals surface area contributed by atoms with Crippen LogP contribution in [0.2, 0.25) is 0 Å². The first-order valence-corrected chi connectivity index (χ1v) is 6.84. The largest absolute Gasteiger partial charge is 0.324 e. The number of nitrogens with zero attached hydrogens (tertiary/aromatic N) is 1. The van der Waals surface area contributed by atoms with Crippen LogP contribution in [0.1, 0.15) is 44.7 Å². The van der Waals surface area contributed by atoms with E-state index >= 15 is 0 Å². The topological polar surface area (TPSA) is 29.3 Å². The number of nitrogens with two attached hydrogens (primary N) is 1. The summed E-state index contributed by atoms with van der Waals surface area (Å²) >= 11 is 0. The van der Waals surface area contributed by atoms with Crippen LogP contribution in [0.3, 0.4) is 0 Å². The Bertz CT molecular complexity index is 346. The van der Waals surface area contributed by atoms with Gasteiger partial charge in [-0.05, 0) is 44.4 Å². The van der Waals surface area contributed by atoms with E-state index in [1.165, 1.54) is 11.1 Å². The minimum atomic E-state index is -0.115. The Morgan fingerprint density at radius 1 is 1.17 bits per heavy atom. The fourth-order valence-corrected chi connectivity index (χ4v) is 2.16. The maximum atomic E-state index is 6.02. The van der Waals surface area contributed by atoms with E-state index in [-0.39, 0.29) is 5.54 Å². The van der Waals surface area contributed by atoms with Crippen LogP contribution >= 0.6 is 0 Å². The first-order chi connectivity index (χ1) is 8.28. The van der Waals surface area contributed by atoms with Crippen LogP contribution in [-0.2, 0) is 6.42 Å². The van der Waals surface area contributed by atoms with E-state index in [1.54, 1.807) is 0 Å². The molecule has 18 heavy (non-hydrogen) atoms. The van der Waals surface area contributed by atoms with Crippen molar-refractivity contribution >= 4 is 0 Å². The van der Waals surface area contributed by atoms with Gasteiger partial charge in [0, 0.05) is 18.6 Å². The number of hydrogen-bond acceptors (Lipinski definition) is 2. The van der Waals surface area contributed by atoms with E-state index in [4.69, 9.17) is 5.73 Å². The van der Waals surface area contributed by atoms with Crippen molar-refractivity contribution in [1.29, 1.82) is 0 Å². The Balaban J connectivity index is 2.44. The lowest BCUT2D eigenvalue weighted by Crippen LogP contribution is -2.44. The first-order valence-electron chi connectivity index (χ1n) is 6.84. The molecule has 1 aromatic rings. The van der Waals surface area contributed by atoms with Gasteiger partial charge in [0.05, 0.1) is 0 Å². The van der Waals surface area contributed by atoms with Crippen molar-refractivity contribution in [2.45, 2.75) is 45.6 Å². The minimum absolute atomic E-state index is 0.115. The normalized spacial score (nSPS) is 12.4. The molecule has 0 aliphatic carbocycles. The molecule has 0 aromatic heterocycles. The second kappa shape index (κ2) is 6.35. The SMILES string of the molecule is CC(C)c1ccc(CCN(C)CC(C)(C)N)cc1. The molecule has 2 heteroatoms. The van der Waals surface area contributed by atoms with Gasteiger partial charge in [0.15, 0.2) is 0 Å². The summed E-state index contributed by atoms with van der Waals surface area (Å²) in [4.78, 5) is 2.30. The fraction of sp³-hybridized carbons (Fsp3) is 0.625. The highest BCUT2D eigenvalue weighted by Crippen LogP contribution is 2.15. The van der Waals surface area contributed by atoms with Gasteiger partial charge in [-0.15, -0.1) is 0 Å². The monoisotopic (exact) mass is 248 g/mol. The zero-order valence-corrected chi connectivity index (χ0v) is 12.5. The van der Waals surface area contributed by atoms with Crippen LogP contribution in [0.25, 0.3) is 0 Å². The standard InChI is InChI=1S/C16H28N2/c1-13(2)15-8-6-14(7-9-15)10-11-18(5)12-16(3,4)17/h6-9,13H,10-12,17H2,1-5H3. The Kier molecular flexibility index (Phi) is 5.36. The van der Waals surface area contributed by atoms with Crippen LogP contribution in [0.15, 0.2) is 24.3 Å². The molecule has 0 spiro atoms. The van der Waals surface area contributed by atoms with E-state index in [0.717, 1.165) is 19.5 Å². The third-order valence-corrected chi connectivity index (χ3v) is 3.11. The lowest BCUT2D eigenvalue weighted by molar-refractivity contribution is 0.273. The maximum Gasteiger partial charge on any atom is 0.0225 e. The summed E-state index contributed by atoms with van der Waals surface area (Å²) in [5, 5.41) is 0. The molecular formula is C16H28N2. The summed E-state index contributed by atoms with van der Waals surface area (Å²) < 4.78 is 0. The molecule has 0 aliphatic heterocycles. The number of rotatable bonds is 6. The third-order valence-electron chi connectivity index (χ3n) is 3.11. The zero-order valence-electron chi connectivity index (χ0n) is 12.5. The van der Waals surface area contributed by atoms with Crippen molar-refractivity contribution in [3.63, 3.8) is 0 Å². The molecule has 0 unspecified atom stereocenters. The number of likely N-dealkylation sites (N-methyl/N-ethyl adjacent to an activating group) is 1. The second-order valence-electron chi connectivity index (χ2n) is 6.37. The highest BCUT2D eigenvalue weighted by molar-refractivity contribution is 5.24. The summed E-state index contributed by atoms with van der Waals surface area (Å²) in [6.07, 6.45) is 1.09. The molecule has 1 aromatic carbocycles. The smallest absolute Gasteiger partial charge is 0.0225 e. The van der Waals surface area contributed by atoms with Gasteiger partial charge >= 0.3 is 0 Å². The Hall–Kier alpha value is -0.860. The molecule has 2 nitrogen and oxygen atoms in total. The quantitative estimate of drug-likeness (QED) is 0.838. The van der Waals surface area contributed by atoms with Gasteiger partial charge in [-0.3, -0.25) is 0 Å². The van der Waals surface area contributed by atoms with Crippen LogP contribution < -0.4 is 5.73 Å². The number of benzene rings is 1. The molecule has 0 fully saturated rings. The first kappa shape index (κ1) is 15.2. The highest BCUT2D eigenvalue weighted by atomic mass is 15.1. The van der Waals surface area contributed by atoms with E-state index < -0.39 is 0 Å². The molecule has 0 heterocycles. The molecular weight excluding hydrogens is 220 g/mol. The van der Waals surface area contributed by atoms with Gasteiger partial charge in [-0.2, -0.15) is 0 Å². The molecule has 0 saturated carbocycles. The molecule has 102 valence electrons. The van der Waals surface area contributed by atoms with E-state index in [9.17, 15) is 0 Å². The highest BCUT2D eigenvalue weighted by Gasteiger charge is 2.13. The molecule has 0 radical (unpaired) electrons. The lowest BCUT2D eigenvalue weighted by atomic mass is 10.0. The van der Waals surface area contributed by atoms with Crippen molar-refractivity contribution in [2.75, 3.05) is 20.1 Å². The molecule has 2 N–H and O–H groups in total. The fourth-order valence-electron chi connectivity index (χ4n) is 2.16. The Morgan fingerprint density at radius 2 is 1.72 bits per heavy atom. The maximum absolute atomic E-state index is 6.02. The van der Waals surface area contributed by atoms with Crippen LogP contribution in [0, 0.1) is 0 Å². The Morgan fingerprint density at radius 3 is 2.17 bits per heavy atom. The van der Waals surface area contributed by atoms with Crippen molar-refractivity contribution in [2.24, 2.45) is 5.73 Å².